The number of benzene rings is 7. The molecule has 0 amide bonds. The Bertz CT molecular complexity index is 3410. The average molecular weight is 836 g/mol. The number of hydrogen-bond donors (Lipinski definition) is 1. The van der Waals surface area contributed by atoms with E-state index >= 15 is 0 Å². The second-order valence-electron chi connectivity index (χ2n) is 17.1. The minimum atomic E-state index is -0.763. The molecule has 4 nitrogen and oxygen atoms in total. The molecular formula is C61H45N3O. The fourth-order valence-electron chi connectivity index (χ4n) is 10.9. The summed E-state index contributed by atoms with van der Waals surface area (Å²) in [6, 6.07) is 60.3. The van der Waals surface area contributed by atoms with Crippen LogP contribution in [0.4, 0.5) is 22.7 Å². The molecule has 1 aromatic heterocycles. The maximum atomic E-state index is 7.32. The predicted octanol–water partition coefficient (Wildman–Crippen LogP) is 15.6. The quantitative estimate of drug-likeness (QED) is 0.162. The average Bonchev–Trinajstić information content (AvgIpc) is 3.78. The molecule has 1 aliphatic heterocycles. The molecule has 0 fully saturated rings. The van der Waals surface area contributed by atoms with Crippen molar-refractivity contribution in [1.29, 1.82) is 0 Å². The van der Waals surface area contributed by atoms with Gasteiger partial charge in [0.1, 0.15) is 5.75 Å². The molecule has 65 heavy (non-hydrogen) atoms. The summed E-state index contributed by atoms with van der Waals surface area (Å²) < 4.78 is 9.58. The highest BCUT2D eigenvalue weighted by atomic mass is 16.5. The first kappa shape index (κ1) is 38.3. The number of allylic oxidation sites excluding steroid dienone is 11. The molecule has 0 radical (unpaired) electrons. The van der Waals surface area contributed by atoms with Crippen molar-refractivity contribution >= 4 is 61.9 Å². The molecule has 2 heterocycles. The maximum Gasteiger partial charge on any atom is 0.205 e. The number of rotatable bonds is 7. The number of aromatic nitrogens is 1. The Morgan fingerprint density at radius 3 is 2.17 bits per heavy atom. The summed E-state index contributed by atoms with van der Waals surface area (Å²) in [5, 5.41) is 5.92. The number of para-hydroxylation sites is 4. The maximum absolute atomic E-state index is 7.32. The molecule has 0 saturated heterocycles. The zero-order valence-corrected chi connectivity index (χ0v) is 35.9. The highest BCUT2D eigenvalue weighted by Gasteiger charge is 2.53. The third-order valence-corrected chi connectivity index (χ3v) is 13.7. The Morgan fingerprint density at radius 1 is 0.708 bits per heavy atom. The zero-order chi connectivity index (χ0) is 43.6. The lowest BCUT2D eigenvalue weighted by molar-refractivity contribution is 0.413. The molecule has 0 saturated carbocycles. The van der Waals surface area contributed by atoms with Crippen LogP contribution in [0.15, 0.2) is 249 Å². The zero-order valence-electron chi connectivity index (χ0n) is 35.9. The van der Waals surface area contributed by atoms with Crippen molar-refractivity contribution in [3.05, 3.63) is 276 Å². The first-order valence-corrected chi connectivity index (χ1v) is 22.3. The molecule has 12 rings (SSSR count). The third-order valence-electron chi connectivity index (χ3n) is 13.7. The fraction of sp³-hybridized carbons (Fsp3) is 0.0492. The predicted molar refractivity (Wildman–Crippen MR) is 272 cm³/mol. The van der Waals surface area contributed by atoms with Crippen molar-refractivity contribution in [1.82, 2.24) is 4.57 Å². The van der Waals surface area contributed by atoms with Gasteiger partial charge in [0.25, 0.3) is 0 Å². The van der Waals surface area contributed by atoms with Crippen LogP contribution < -0.4 is 15.0 Å². The molecule has 2 unspecified atom stereocenters. The Morgan fingerprint density at radius 2 is 1.40 bits per heavy atom. The summed E-state index contributed by atoms with van der Waals surface area (Å²) in [7, 11) is 0. The normalized spacial score (nSPS) is 18.8. The summed E-state index contributed by atoms with van der Waals surface area (Å²) in [5.74, 6) is 1.60. The van der Waals surface area contributed by atoms with Gasteiger partial charge in [-0.05, 0) is 130 Å². The SMILES string of the molecule is C=CC(=C)n1c2ccc(Nc3ccccc3)cc2c2cc3c(cc21)C=CC1=C(/C=C(/N(c2ccccc2)c2ccccc2)Oc2ccccc2C1=C)C31C2=CC=CCC2c2ccccc21. The van der Waals surface area contributed by atoms with E-state index in [2.05, 4.69) is 222 Å². The van der Waals surface area contributed by atoms with E-state index in [0.29, 0.717) is 5.88 Å². The van der Waals surface area contributed by atoms with Gasteiger partial charge in [0.2, 0.25) is 5.88 Å². The Hall–Kier alpha value is -8.34. The summed E-state index contributed by atoms with van der Waals surface area (Å²) >= 11 is 0. The van der Waals surface area contributed by atoms with Crippen LogP contribution in [-0.2, 0) is 5.41 Å². The van der Waals surface area contributed by atoms with Crippen LogP contribution in [0.3, 0.4) is 0 Å². The lowest BCUT2D eigenvalue weighted by Crippen LogP contribution is -2.33. The number of ether oxygens (including phenoxy) is 1. The number of nitrogens with one attached hydrogen (secondary N) is 1. The number of nitrogens with zero attached hydrogens (tertiary/aromatic N) is 2. The highest BCUT2D eigenvalue weighted by Crippen LogP contribution is 2.63. The molecule has 8 aromatic rings. The summed E-state index contributed by atoms with van der Waals surface area (Å²) in [4.78, 5) is 2.24. The summed E-state index contributed by atoms with van der Waals surface area (Å²) in [6.07, 6.45) is 16.6. The number of fused-ring (bicyclic) bond motifs is 12. The van der Waals surface area contributed by atoms with Gasteiger partial charge in [-0.3, -0.25) is 4.90 Å². The minimum absolute atomic E-state index is 0.165. The van der Waals surface area contributed by atoms with Crippen LogP contribution >= 0.6 is 0 Å². The van der Waals surface area contributed by atoms with Gasteiger partial charge in [0.15, 0.2) is 0 Å². The van der Waals surface area contributed by atoms with Gasteiger partial charge in [0, 0.05) is 56.8 Å². The van der Waals surface area contributed by atoms with E-state index in [9.17, 15) is 0 Å². The number of anilines is 4. The topological polar surface area (TPSA) is 29.4 Å². The van der Waals surface area contributed by atoms with Gasteiger partial charge in [-0.15, -0.1) is 0 Å². The van der Waals surface area contributed by atoms with Crippen LogP contribution in [0.1, 0.15) is 40.2 Å². The van der Waals surface area contributed by atoms with E-state index in [1.165, 1.54) is 22.3 Å². The molecule has 2 atom stereocenters. The number of hydrogen-bond acceptors (Lipinski definition) is 3. The van der Waals surface area contributed by atoms with E-state index in [1.807, 2.05) is 18.2 Å². The molecule has 310 valence electrons. The van der Waals surface area contributed by atoms with Crippen LogP contribution in [0.2, 0.25) is 0 Å². The highest BCUT2D eigenvalue weighted by molar-refractivity contribution is 6.13. The van der Waals surface area contributed by atoms with Gasteiger partial charge in [-0.25, -0.2) is 0 Å². The van der Waals surface area contributed by atoms with E-state index in [0.717, 1.165) is 90.3 Å². The van der Waals surface area contributed by atoms with E-state index in [1.54, 1.807) is 0 Å². The Labute approximate surface area is 379 Å². The van der Waals surface area contributed by atoms with Crippen LogP contribution in [0.25, 0.3) is 39.2 Å². The van der Waals surface area contributed by atoms with Crippen LogP contribution in [0, 0.1) is 0 Å². The lowest BCUT2D eigenvalue weighted by Gasteiger charge is -2.40. The van der Waals surface area contributed by atoms with Gasteiger partial charge in [-0.2, -0.15) is 0 Å². The van der Waals surface area contributed by atoms with Crippen LogP contribution in [-0.4, -0.2) is 4.57 Å². The fourth-order valence-corrected chi connectivity index (χ4v) is 10.9. The first-order valence-electron chi connectivity index (χ1n) is 22.3. The minimum Gasteiger partial charge on any atom is -0.440 e. The van der Waals surface area contributed by atoms with Crippen molar-refractivity contribution in [3.8, 4) is 5.75 Å². The van der Waals surface area contributed by atoms with E-state index in [-0.39, 0.29) is 5.92 Å². The van der Waals surface area contributed by atoms with Crippen molar-refractivity contribution in [2.24, 2.45) is 0 Å². The Balaban J connectivity index is 1.22. The molecular weight excluding hydrogens is 791 g/mol. The molecule has 1 N–H and O–H groups in total. The van der Waals surface area contributed by atoms with Crippen LogP contribution in [0.5, 0.6) is 5.75 Å². The second-order valence-corrected chi connectivity index (χ2v) is 17.1. The van der Waals surface area contributed by atoms with E-state index < -0.39 is 5.41 Å². The molecule has 7 aromatic carbocycles. The van der Waals surface area contributed by atoms with Crippen molar-refractivity contribution in [2.45, 2.75) is 17.8 Å². The van der Waals surface area contributed by atoms with Gasteiger partial charge in [0.05, 0.1) is 16.4 Å². The molecule has 0 bridgehead atoms. The van der Waals surface area contributed by atoms with E-state index in [4.69, 9.17) is 11.3 Å². The molecule has 4 aliphatic rings. The largest absolute Gasteiger partial charge is 0.440 e. The van der Waals surface area contributed by atoms with Crippen molar-refractivity contribution in [3.63, 3.8) is 0 Å². The second kappa shape index (κ2) is 15.2. The molecule has 3 aliphatic carbocycles. The lowest BCUT2D eigenvalue weighted by atomic mass is 9.63. The first-order chi connectivity index (χ1) is 32.0. The summed E-state index contributed by atoms with van der Waals surface area (Å²) in [5.41, 5.74) is 16.5. The summed E-state index contributed by atoms with van der Waals surface area (Å²) in [6.45, 7) is 13.6. The van der Waals surface area contributed by atoms with Gasteiger partial charge in [-0.1, -0.05) is 147 Å². The molecule has 1 spiro atoms. The standard InChI is InChI=1S/C61H45N3O/c1-4-40(2)63-57-35-33-44(62-43-20-8-5-9-21-43)37-51(57)52-38-55-42(36-58(52)63)32-34-47-41(3)48-26-16-19-31-59(48)65-60(64(45-22-10-6-11-23-45)46-24-12-7-13-25-46)39-56(47)61(55)53-29-17-14-27-49(53)50-28-15-18-30-54(50)61/h4-27,29-39,50,62H,1-3,28H2/b60-39-. The Kier molecular flexibility index (Phi) is 8.96. The van der Waals surface area contributed by atoms with Crippen molar-refractivity contribution in [2.75, 3.05) is 10.2 Å². The van der Waals surface area contributed by atoms with Crippen molar-refractivity contribution < 1.29 is 4.74 Å². The smallest absolute Gasteiger partial charge is 0.205 e. The molecule has 4 heteroatoms. The third kappa shape index (κ3) is 5.91. The van der Waals surface area contributed by atoms with Gasteiger partial charge >= 0.3 is 0 Å². The van der Waals surface area contributed by atoms with Gasteiger partial charge < -0.3 is 14.6 Å². The monoisotopic (exact) mass is 835 g/mol.